The molecule has 1 aliphatic carbocycles. The molecule has 6 heteroatoms. The van der Waals surface area contributed by atoms with Crippen LogP contribution in [-0.4, -0.2) is 33.7 Å². The predicted molar refractivity (Wildman–Crippen MR) is 73.8 cm³/mol. The number of para-hydroxylation sites is 1. The normalized spacial score (nSPS) is 15.0. The average Bonchev–Trinajstić information content (AvgIpc) is 3.17. The van der Waals surface area contributed by atoms with E-state index in [1.54, 1.807) is 18.2 Å². The van der Waals surface area contributed by atoms with Gasteiger partial charge in [0.1, 0.15) is 0 Å². The van der Waals surface area contributed by atoms with E-state index < -0.39 is 9.84 Å². The fourth-order valence-electron chi connectivity index (χ4n) is 1.75. The zero-order valence-corrected chi connectivity index (χ0v) is 11.7. The van der Waals surface area contributed by atoms with E-state index in [0.717, 1.165) is 6.26 Å². The maximum atomic E-state index is 11.6. The standard InChI is InChI=1S/C13H18N2O3S/c1-19(17,18)12-5-3-2-4-11(12)14-9-13(16)15-8-10-6-7-10/h2-5,10,14H,6-9H2,1H3,(H,15,16). The summed E-state index contributed by atoms with van der Waals surface area (Å²) in [7, 11) is -3.29. The van der Waals surface area contributed by atoms with Crippen molar-refractivity contribution in [2.45, 2.75) is 17.7 Å². The van der Waals surface area contributed by atoms with Crippen LogP contribution in [0.2, 0.25) is 0 Å². The molecule has 19 heavy (non-hydrogen) atoms. The van der Waals surface area contributed by atoms with Crippen molar-refractivity contribution in [2.24, 2.45) is 5.92 Å². The number of hydrogen-bond donors (Lipinski definition) is 2. The van der Waals surface area contributed by atoms with Gasteiger partial charge in [-0.3, -0.25) is 4.79 Å². The van der Waals surface area contributed by atoms with Gasteiger partial charge in [0.05, 0.1) is 17.1 Å². The molecule has 1 saturated carbocycles. The predicted octanol–water partition coefficient (Wildman–Crippen LogP) is 1.03. The number of nitrogens with one attached hydrogen (secondary N) is 2. The van der Waals surface area contributed by atoms with Crippen molar-refractivity contribution in [2.75, 3.05) is 24.7 Å². The van der Waals surface area contributed by atoms with Crippen LogP contribution in [0.15, 0.2) is 29.2 Å². The van der Waals surface area contributed by atoms with Crippen molar-refractivity contribution in [1.82, 2.24) is 5.32 Å². The van der Waals surface area contributed by atoms with E-state index in [-0.39, 0.29) is 17.3 Å². The summed E-state index contributed by atoms with van der Waals surface area (Å²) < 4.78 is 23.2. The fraction of sp³-hybridized carbons (Fsp3) is 0.462. The number of benzene rings is 1. The highest BCUT2D eigenvalue weighted by Gasteiger charge is 2.21. The first-order chi connectivity index (χ1) is 8.97. The number of amides is 1. The first-order valence-corrected chi connectivity index (χ1v) is 8.15. The summed E-state index contributed by atoms with van der Waals surface area (Å²) in [4.78, 5) is 11.8. The van der Waals surface area contributed by atoms with Gasteiger partial charge in [0.15, 0.2) is 9.84 Å². The fourth-order valence-corrected chi connectivity index (χ4v) is 2.62. The van der Waals surface area contributed by atoms with Crippen molar-refractivity contribution >= 4 is 21.4 Å². The molecule has 1 aliphatic rings. The molecule has 1 fully saturated rings. The van der Waals surface area contributed by atoms with Crippen LogP contribution in [0.1, 0.15) is 12.8 Å². The van der Waals surface area contributed by atoms with Crippen molar-refractivity contribution in [3.63, 3.8) is 0 Å². The lowest BCUT2D eigenvalue weighted by Crippen LogP contribution is -2.31. The molecule has 0 unspecified atom stereocenters. The van der Waals surface area contributed by atoms with Gasteiger partial charge in [0.25, 0.3) is 0 Å². The Labute approximate surface area is 113 Å². The smallest absolute Gasteiger partial charge is 0.239 e. The minimum atomic E-state index is -3.29. The quantitative estimate of drug-likeness (QED) is 0.817. The van der Waals surface area contributed by atoms with Crippen LogP contribution in [0.4, 0.5) is 5.69 Å². The number of carbonyl (C=O) groups is 1. The van der Waals surface area contributed by atoms with Crippen LogP contribution in [-0.2, 0) is 14.6 Å². The maximum Gasteiger partial charge on any atom is 0.239 e. The maximum absolute atomic E-state index is 11.6. The van der Waals surface area contributed by atoms with E-state index in [4.69, 9.17) is 0 Å². The number of anilines is 1. The Balaban J connectivity index is 1.93. The van der Waals surface area contributed by atoms with Crippen molar-refractivity contribution in [3.05, 3.63) is 24.3 Å². The Morgan fingerprint density at radius 3 is 2.63 bits per heavy atom. The van der Waals surface area contributed by atoms with E-state index in [1.807, 2.05) is 0 Å². The third kappa shape index (κ3) is 4.24. The highest BCUT2D eigenvalue weighted by atomic mass is 32.2. The largest absolute Gasteiger partial charge is 0.375 e. The van der Waals surface area contributed by atoms with Crippen molar-refractivity contribution in [1.29, 1.82) is 0 Å². The monoisotopic (exact) mass is 282 g/mol. The van der Waals surface area contributed by atoms with E-state index in [2.05, 4.69) is 10.6 Å². The Morgan fingerprint density at radius 1 is 1.32 bits per heavy atom. The van der Waals surface area contributed by atoms with Crippen molar-refractivity contribution < 1.29 is 13.2 Å². The van der Waals surface area contributed by atoms with Gasteiger partial charge in [-0.25, -0.2) is 8.42 Å². The molecular weight excluding hydrogens is 264 g/mol. The minimum absolute atomic E-state index is 0.0826. The van der Waals surface area contributed by atoms with E-state index in [1.165, 1.54) is 18.9 Å². The summed E-state index contributed by atoms with van der Waals surface area (Å²) in [6, 6.07) is 6.58. The van der Waals surface area contributed by atoms with E-state index >= 15 is 0 Å². The molecule has 2 N–H and O–H groups in total. The minimum Gasteiger partial charge on any atom is -0.375 e. The molecule has 0 bridgehead atoms. The molecule has 2 rings (SSSR count). The van der Waals surface area contributed by atoms with E-state index in [9.17, 15) is 13.2 Å². The second-order valence-electron chi connectivity index (χ2n) is 4.87. The second-order valence-corrected chi connectivity index (χ2v) is 6.85. The zero-order chi connectivity index (χ0) is 13.9. The Bertz CT molecular complexity index is 565. The first-order valence-electron chi connectivity index (χ1n) is 6.26. The molecule has 0 heterocycles. The summed E-state index contributed by atoms with van der Waals surface area (Å²) in [5.41, 5.74) is 0.464. The Kier molecular flexibility index (Phi) is 4.09. The molecule has 0 atom stereocenters. The summed E-state index contributed by atoms with van der Waals surface area (Å²) in [6.07, 6.45) is 3.52. The highest BCUT2D eigenvalue weighted by Crippen LogP contribution is 2.27. The molecule has 0 aliphatic heterocycles. The lowest BCUT2D eigenvalue weighted by molar-refractivity contribution is -0.119. The molecular formula is C13H18N2O3S. The van der Waals surface area contributed by atoms with Crippen LogP contribution in [0.25, 0.3) is 0 Å². The van der Waals surface area contributed by atoms with Crippen LogP contribution in [0.3, 0.4) is 0 Å². The van der Waals surface area contributed by atoms with Gasteiger partial charge in [-0.1, -0.05) is 12.1 Å². The van der Waals surface area contributed by atoms with Gasteiger partial charge in [0, 0.05) is 12.8 Å². The molecule has 1 amide bonds. The topological polar surface area (TPSA) is 75.3 Å². The van der Waals surface area contributed by atoms with Gasteiger partial charge in [-0.05, 0) is 30.9 Å². The molecule has 0 aromatic heterocycles. The molecule has 0 saturated heterocycles. The first kappa shape index (κ1) is 13.9. The van der Waals surface area contributed by atoms with Gasteiger partial charge in [-0.15, -0.1) is 0 Å². The SMILES string of the molecule is CS(=O)(=O)c1ccccc1NCC(=O)NCC1CC1. The third-order valence-electron chi connectivity index (χ3n) is 3.01. The summed E-state index contributed by atoms with van der Waals surface area (Å²) in [5, 5.41) is 5.69. The highest BCUT2D eigenvalue weighted by molar-refractivity contribution is 7.90. The van der Waals surface area contributed by atoms with Crippen LogP contribution in [0.5, 0.6) is 0 Å². The lowest BCUT2D eigenvalue weighted by Gasteiger charge is -2.10. The zero-order valence-electron chi connectivity index (χ0n) is 10.8. The van der Waals surface area contributed by atoms with Crippen LogP contribution >= 0.6 is 0 Å². The Hall–Kier alpha value is -1.56. The number of sulfone groups is 1. The van der Waals surface area contributed by atoms with Crippen LogP contribution in [0, 0.1) is 5.92 Å². The van der Waals surface area contributed by atoms with Gasteiger partial charge in [0.2, 0.25) is 5.91 Å². The second kappa shape index (κ2) is 5.61. The molecule has 1 aromatic rings. The van der Waals surface area contributed by atoms with Gasteiger partial charge >= 0.3 is 0 Å². The number of rotatable bonds is 6. The van der Waals surface area contributed by atoms with Crippen LogP contribution < -0.4 is 10.6 Å². The number of carbonyl (C=O) groups excluding carboxylic acids is 1. The Morgan fingerprint density at radius 2 is 2.00 bits per heavy atom. The molecule has 1 aromatic carbocycles. The van der Waals surface area contributed by atoms with E-state index in [0.29, 0.717) is 18.2 Å². The molecule has 0 spiro atoms. The lowest BCUT2D eigenvalue weighted by atomic mass is 10.3. The number of hydrogen-bond acceptors (Lipinski definition) is 4. The summed E-state index contributed by atoms with van der Waals surface area (Å²) in [5.74, 6) is 0.516. The van der Waals surface area contributed by atoms with Gasteiger partial charge < -0.3 is 10.6 Å². The average molecular weight is 282 g/mol. The molecule has 0 radical (unpaired) electrons. The molecule has 5 nitrogen and oxygen atoms in total. The third-order valence-corrected chi connectivity index (χ3v) is 4.17. The van der Waals surface area contributed by atoms with Crippen molar-refractivity contribution in [3.8, 4) is 0 Å². The summed E-state index contributed by atoms with van der Waals surface area (Å²) >= 11 is 0. The van der Waals surface area contributed by atoms with Gasteiger partial charge in [-0.2, -0.15) is 0 Å². The summed E-state index contributed by atoms with van der Waals surface area (Å²) in [6.45, 7) is 0.799. The molecule has 104 valence electrons.